The first-order valence-corrected chi connectivity index (χ1v) is 11.8. The standard InChI is InChI=1S/C26H22ClFN4O4/c27-21-14-20(28)8-7-19(21)16-31-22-2-1-9-29-23(22)32(26(35)25(31)34)15-17-3-5-18(6-4-17)24(33)30-10-12-36-13-11-30/h1-9,14H,10-13,15-16H2. The number of fused-ring (bicyclic) bond motifs is 1. The Morgan fingerprint density at radius 2 is 1.69 bits per heavy atom. The molecule has 184 valence electrons. The third-order valence-corrected chi connectivity index (χ3v) is 6.52. The smallest absolute Gasteiger partial charge is 0.318 e. The van der Waals surface area contributed by atoms with Gasteiger partial charge in [-0.3, -0.25) is 23.5 Å². The normalized spacial score (nSPS) is 13.8. The molecular weight excluding hydrogens is 487 g/mol. The molecule has 4 aromatic rings. The van der Waals surface area contributed by atoms with Gasteiger partial charge in [-0.05, 0) is 47.5 Å². The number of carbonyl (C=O) groups excluding carboxylic acids is 1. The SMILES string of the molecule is O=C(c1ccc(Cn2c(=O)c(=O)n(Cc3ccc(F)cc3Cl)c3cccnc32)cc1)N1CCOCC1. The van der Waals surface area contributed by atoms with Gasteiger partial charge in [0, 0.05) is 29.9 Å². The highest BCUT2D eigenvalue weighted by Gasteiger charge is 2.19. The van der Waals surface area contributed by atoms with E-state index in [4.69, 9.17) is 16.3 Å². The minimum atomic E-state index is -0.743. The highest BCUT2D eigenvalue weighted by molar-refractivity contribution is 6.31. The van der Waals surface area contributed by atoms with E-state index >= 15 is 0 Å². The topological polar surface area (TPSA) is 86.4 Å². The van der Waals surface area contributed by atoms with E-state index in [0.29, 0.717) is 48.6 Å². The monoisotopic (exact) mass is 508 g/mol. The van der Waals surface area contributed by atoms with Crippen molar-refractivity contribution in [1.29, 1.82) is 0 Å². The molecule has 1 aliphatic heterocycles. The number of rotatable bonds is 5. The zero-order chi connectivity index (χ0) is 25.2. The summed E-state index contributed by atoms with van der Waals surface area (Å²) in [6.45, 7) is 2.23. The Bertz CT molecular complexity index is 1560. The van der Waals surface area contributed by atoms with Gasteiger partial charge < -0.3 is 9.64 Å². The maximum Gasteiger partial charge on any atom is 0.318 e. The largest absolute Gasteiger partial charge is 0.378 e. The molecule has 3 heterocycles. The number of ether oxygens (including phenoxy) is 1. The van der Waals surface area contributed by atoms with Crippen LogP contribution >= 0.6 is 11.6 Å². The first kappa shape index (κ1) is 23.9. The summed E-state index contributed by atoms with van der Waals surface area (Å²) in [5.74, 6) is -0.563. The molecule has 1 aliphatic rings. The van der Waals surface area contributed by atoms with Crippen LogP contribution in [0.3, 0.4) is 0 Å². The highest BCUT2D eigenvalue weighted by Crippen LogP contribution is 2.20. The van der Waals surface area contributed by atoms with Crippen LogP contribution in [0.2, 0.25) is 5.02 Å². The molecule has 0 atom stereocenters. The van der Waals surface area contributed by atoms with E-state index in [0.717, 1.165) is 11.6 Å². The van der Waals surface area contributed by atoms with Crippen LogP contribution in [0.4, 0.5) is 4.39 Å². The summed E-state index contributed by atoms with van der Waals surface area (Å²) in [7, 11) is 0. The third kappa shape index (κ3) is 4.67. The number of morpholine rings is 1. The van der Waals surface area contributed by atoms with E-state index in [1.165, 1.54) is 21.3 Å². The number of nitrogens with zero attached hydrogens (tertiary/aromatic N) is 4. The highest BCUT2D eigenvalue weighted by atomic mass is 35.5. The number of aromatic nitrogens is 3. The van der Waals surface area contributed by atoms with Gasteiger partial charge in [-0.15, -0.1) is 0 Å². The molecule has 8 nitrogen and oxygen atoms in total. The van der Waals surface area contributed by atoms with E-state index < -0.39 is 16.9 Å². The van der Waals surface area contributed by atoms with Crippen LogP contribution in [-0.4, -0.2) is 51.2 Å². The maximum absolute atomic E-state index is 13.5. The lowest BCUT2D eigenvalue weighted by molar-refractivity contribution is 0.0303. The van der Waals surface area contributed by atoms with Crippen LogP contribution in [0.5, 0.6) is 0 Å². The molecule has 0 saturated carbocycles. The summed E-state index contributed by atoms with van der Waals surface area (Å²) in [4.78, 5) is 45.1. The van der Waals surface area contributed by atoms with Crippen molar-refractivity contribution in [3.05, 3.63) is 109 Å². The zero-order valence-electron chi connectivity index (χ0n) is 19.2. The van der Waals surface area contributed by atoms with Gasteiger partial charge in [-0.2, -0.15) is 0 Å². The van der Waals surface area contributed by atoms with Crippen molar-refractivity contribution in [3.63, 3.8) is 0 Å². The Morgan fingerprint density at radius 3 is 2.42 bits per heavy atom. The fourth-order valence-electron chi connectivity index (χ4n) is 4.25. The van der Waals surface area contributed by atoms with Crippen LogP contribution in [-0.2, 0) is 17.8 Å². The fourth-order valence-corrected chi connectivity index (χ4v) is 4.48. The van der Waals surface area contributed by atoms with E-state index in [1.54, 1.807) is 47.5 Å². The Labute approximate surface area is 210 Å². The fraction of sp³-hybridized carbons (Fsp3) is 0.231. The minimum absolute atomic E-state index is 0.00539. The van der Waals surface area contributed by atoms with Gasteiger partial charge in [-0.1, -0.05) is 29.8 Å². The molecule has 0 aliphatic carbocycles. The van der Waals surface area contributed by atoms with Crippen molar-refractivity contribution in [2.45, 2.75) is 13.1 Å². The summed E-state index contributed by atoms with van der Waals surface area (Å²) in [5, 5.41) is 0.162. The Hall–Kier alpha value is -3.82. The van der Waals surface area contributed by atoms with Gasteiger partial charge in [0.1, 0.15) is 5.82 Å². The predicted octanol–water partition coefficient (Wildman–Crippen LogP) is 2.92. The summed E-state index contributed by atoms with van der Waals surface area (Å²) in [6, 6.07) is 14.2. The van der Waals surface area contributed by atoms with Crippen LogP contribution < -0.4 is 11.1 Å². The number of hydrogen-bond donors (Lipinski definition) is 0. The van der Waals surface area contributed by atoms with Crippen molar-refractivity contribution in [2.24, 2.45) is 0 Å². The first-order chi connectivity index (χ1) is 17.4. The molecule has 2 aromatic heterocycles. The molecule has 1 fully saturated rings. The molecule has 10 heteroatoms. The van der Waals surface area contributed by atoms with Crippen molar-refractivity contribution in [1.82, 2.24) is 19.0 Å². The number of carbonyl (C=O) groups is 1. The van der Waals surface area contributed by atoms with Crippen LogP contribution in [0.1, 0.15) is 21.5 Å². The van der Waals surface area contributed by atoms with Crippen molar-refractivity contribution >= 4 is 28.7 Å². The molecule has 1 amide bonds. The van der Waals surface area contributed by atoms with Crippen molar-refractivity contribution in [3.8, 4) is 0 Å². The lowest BCUT2D eigenvalue weighted by atomic mass is 10.1. The van der Waals surface area contributed by atoms with Crippen LogP contribution in [0.15, 0.2) is 70.4 Å². The van der Waals surface area contributed by atoms with E-state index in [1.807, 2.05) is 0 Å². The predicted molar refractivity (Wildman–Crippen MR) is 133 cm³/mol. The lowest BCUT2D eigenvalue weighted by Gasteiger charge is -2.26. The Balaban J connectivity index is 1.48. The van der Waals surface area contributed by atoms with Crippen molar-refractivity contribution < 1.29 is 13.9 Å². The average molecular weight is 509 g/mol. The molecule has 5 rings (SSSR count). The van der Waals surface area contributed by atoms with Gasteiger partial charge in [0.15, 0.2) is 5.65 Å². The van der Waals surface area contributed by atoms with E-state index in [9.17, 15) is 18.8 Å². The average Bonchev–Trinajstić information content (AvgIpc) is 2.90. The lowest BCUT2D eigenvalue weighted by Crippen LogP contribution is -2.42. The molecular formula is C26H22ClFN4O4. The molecule has 36 heavy (non-hydrogen) atoms. The Kier molecular flexibility index (Phi) is 6.67. The summed E-state index contributed by atoms with van der Waals surface area (Å²) in [6.07, 6.45) is 1.54. The summed E-state index contributed by atoms with van der Waals surface area (Å²) < 4.78 is 21.4. The van der Waals surface area contributed by atoms with Gasteiger partial charge in [0.2, 0.25) is 0 Å². The second kappa shape index (κ2) is 10.0. The van der Waals surface area contributed by atoms with Gasteiger partial charge in [0.05, 0.1) is 31.8 Å². The number of amides is 1. The summed E-state index contributed by atoms with van der Waals surface area (Å²) >= 11 is 6.16. The molecule has 0 bridgehead atoms. The first-order valence-electron chi connectivity index (χ1n) is 11.4. The molecule has 0 unspecified atom stereocenters. The molecule has 2 aromatic carbocycles. The number of halogens is 2. The van der Waals surface area contributed by atoms with Crippen molar-refractivity contribution in [2.75, 3.05) is 26.3 Å². The quantitative estimate of drug-likeness (QED) is 0.387. The van der Waals surface area contributed by atoms with Crippen LogP contribution in [0.25, 0.3) is 11.2 Å². The van der Waals surface area contributed by atoms with Gasteiger partial charge in [-0.25, -0.2) is 9.37 Å². The summed E-state index contributed by atoms with van der Waals surface area (Å²) in [5.41, 5.74) is 1.07. The second-order valence-corrected chi connectivity index (χ2v) is 8.87. The Morgan fingerprint density at radius 1 is 0.972 bits per heavy atom. The van der Waals surface area contributed by atoms with E-state index in [-0.39, 0.29) is 24.0 Å². The van der Waals surface area contributed by atoms with Crippen LogP contribution in [0, 0.1) is 5.82 Å². The third-order valence-electron chi connectivity index (χ3n) is 6.17. The van der Waals surface area contributed by atoms with Gasteiger partial charge >= 0.3 is 11.1 Å². The molecule has 0 radical (unpaired) electrons. The second-order valence-electron chi connectivity index (χ2n) is 8.47. The zero-order valence-corrected chi connectivity index (χ0v) is 19.9. The molecule has 1 saturated heterocycles. The number of pyridine rings is 1. The number of hydrogen-bond acceptors (Lipinski definition) is 5. The van der Waals surface area contributed by atoms with Gasteiger partial charge in [0.25, 0.3) is 5.91 Å². The van der Waals surface area contributed by atoms with E-state index in [2.05, 4.69) is 4.98 Å². The maximum atomic E-state index is 13.5. The minimum Gasteiger partial charge on any atom is -0.378 e. The number of benzene rings is 2. The molecule has 0 spiro atoms. The molecule has 0 N–H and O–H groups in total.